The van der Waals surface area contributed by atoms with Gasteiger partial charge in [-0.1, -0.05) is 17.7 Å². The van der Waals surface area contributed by atoms with Crippen LogP contribution in [0.15, 0.2) is 57.3 Å². The zero-order valence-corrected chi connectivity index (χ0v) is 16.1. The van der Waals surface area contributed by atoms with Gasteiger partial charge in [-0.2, -0.15) is 0 Å². The Bertz CT molecular complexity index is 1290. The molecule has 0 radical (unpaired) electrons. The van der Waals surface area contributed by atoms with Gasteiger partial charge in [-0.05, 0) is 36.8 Å². The summed E-state index contributed by atoms with van der Waals surface area (Å²) in [7, 11) is 0. The summed E-state index contributed by atoms with van der Waals surface area (Å²) in [6, 6.07) is 7.92. The van der Waals surface area contributed by atoms with Crippen LogP contribution in [0.3, 0.4) is 0 Å². The van der Waals surface area contributed by atoms with E-state index in [1.165, 1.54) is 16.2 Å². The lowest BCUT2D eigenvalue weighted by Gasteiger charge is -2.21. The number of anilines is 1. The van der Waals surface area contributed by atoms with E-state index in [0.29, 0.717) is 26.8 Å². The first kappa shape index (κ1) is 17.1. The summed E-state index contributed by atoms with van der Waals surface area (Å²) in [5.41, 5.74) is 1.63. The Hall–Kier alpha value is -3.03. The van der Waals surface area contributed by atoms with Crippen molar-refractivity contribution in [3.8, 4) is 0 Å². The smallest absolute Gasteiger partial charge is 0.297 e. The van der Waals surface area contributed by atoms with Crippen LogP contribution in [0.25, 0.3) is 11.0 Å². The van der Waals surface area contributed by atoms with Crippen molar-refractivity contribution in [2.24, 2.45) is 0 Å². The summed E-state index contributed by atoms with van der Waals surface area (Å²) < 4.78 is 5.91. The molecule has 1 atom stereocenters. The molecular formula is C20H12ClN3O3S. The molecule has 0 aliphatic carbocycles. The number of fused-ring (bicyclic) bond motifs is 2. The minimum Gasteiger partial charge on any atom is -0.450 e. The van der Waals surface area contributed by atoms with Crippen molar-refractivity contribution in [3.05, 3.63) is 85.9 Å². The highest BCUT2D eigenvalue weighted by Gasteiger charge is 2.45. The van der Waals surface area contributed by atoms with Crippen molar-refractivity contribution < 1.29 is 9.21 Å². The molecule has 1 aliphatic heterocycles. The highest BCUT2D eigenvalue weighted by Crippen LogP contribution is 2.41. The molecule has 1 aliphatic rings. The third kappa shape index (κ3) is 2.40. The number of halogens is 1. The summed E-state index contributed by atoms with van der Waals surface area (Å²) in [6.45, 7) is 1.81. The minimum atomic E-state index is -0.712. The summed E-state index contributed by atoms with van der Waals surface area (Å²) in [4.78, 5) is 36.7. The van der Waals surface area contributed by atoms with Gasteiger partial charge >= 0.3 is 0 Å². The highest BCUT2D eigenvalue weighted by molar-refractivity contribution is 7.13. The van der Waals surface area contributed by atoms with E-state index < -0.39 is 11.9 Å². The van der Waals surface area contributed by atoms with Gasteiger partial charge in [0.1, 0.15) is 11.6 Å². The van der Waals surface area contributed by atoms with Crippen molar-refractivity contribution in [1.82, 2.24) is 9.97 Å². The first-order valence-electron chi connectivity index (χ1n) is 8.47. The quantitative estimate of drug-likeness (QED) is 0.491. The molecule has 0 N–H and O–H groups in total. The summed E-state index contributed by atoms with van der Waals surface area (Å²) >= 11 is 7.53. The fraction of sp³-hybridized carbons (Fsp3) is 0.100. The second-order valence-electron chi connectivity index (χ2n) is 6.42. The summed E-state index contributed by atoms with van der Waals surface area (Å²) in [5, 5.41) is 3.06. The predicted octanol–water partition coefficient (Wildman–Crippen LogP) is 4.36. The van der Waals surface area contributed by atoms with Gasteiger partial charge in [0.15, 0.2) is 10.6 Å². The van der Waals surface area contributed by atoms with Crippen LogP contribution < -0.4 is 10.3 Å². The van der Waals surface area contributed by atoms with Crippen LogP contribution in [-0.4, -0.2) is 15.9 Å². The van der Waals surface area contributed by atoms with Crippen molar-refractivity contribution >= 4 is 44.9 Å². The molecule has 5 rings (SSSR count). The lowest BCUT2D eigenvalue weighted by atomic mass is 10.0. The SMILES string of the molecule is Cc1cc2oc3c(c(=O)c2cc1Cl)C(c1ccccn1)N(c1nccs1)C3=O. The fourth-order valence-electron chi connectivity index (χ4n) is 3.44. The van der Waals surface area contributed by atoms with E-state index in [-0.39, 0.29) is 16.8 Å². The number of benzene rings is 1. The van der Waals surface area contributed by atoms with Crippen LogP contribution in [0.2, 0.25) is 5.02 Å². The van der Waals surface area contributed by atoms with E-state index in [2.05, 4.69) is 9.97 Å². The number of carbonyl (C=O) groups is 1. The zero-order chi connectivity index (χ0) is 19.4. The Balaban J connectivity index is 1.85. The molecule has 4 aromatic rings. The number of nitrogens with zero attached hydrogens (tertiary/aromatic N) is 3. The fourth-order valence-corrected chi connectivity index (χ4v) is 4.27. The number of hydrogen-bond donors (Lipinski definition) is 0. The highest BCUT2D eigenvalue weighted by atomic mass is 35.5. The van der Waals surface area contributed by atoms with Gasteiger partial charge in [-0.25, -0.2) is 4.98 Å². The minimum absolute atomic E-state index is 0.0186. The summed E-state index contributed by atoms with van der Waals surface area (Å²) in [5.74, 6) is -0.391. The van der Waals surface area contributed by atoms with Crippen LogP contribution in [0.4, 0.5) is 5.13 Å². The number of pyridine rings is 1. The Morgan fingerprint density at radius 3 is 2.75 bits per heavy atom. The van der Waals surface area contributed by atoms with Crippen molar-refractivity contribution in [2.75, 3.05) is 4.90 Å². The van der Waals surface area contributed by atoms with Crippen LogP contribution in [-0.2, 0) is 0 Å². The number of rotatable bonds is 2. The molecule has 0 spiro atoms. The number of aromatic nitrogens is 2. The number of thiazole rings is 1. The first-order valence-corrected chi connectivity index (χ1v) is 9.73. The molecular weight excluding hydrogens is 398 g/mol. The van der Waals surface area contributed by atoms with Gasteiger partial charge < -0.3 is 4.42 Å². The molecule has 3 aromatic heterocycles. The van der Waals surface area contributed by atoms with Gasteiger partial charge in [0.25, 0.3) is 5.91 Å². The molecule has 138 valence electrons. The zero-order valence-electron chi connectivity index (χ0n) is 14.5. The molecule has 28 heavy (non-hydrogen) atoms. The van der Waals surface area contributed by atoms with Gasteiger partial charge in [0, 0.05) is 22.8 Å². The second-order valence-corrected chi connectivity index (χ2v) is 7.70. The number of hydrogen-bond acceptors (Lipinski definition) is 6. The average molecular weight is 410 g/mol. The molecule has 1 amide bonds. The van der Waals surface area contributed by atoms with E-state index in [1.807, 2.05) is 13.0 Å². The van der Waals surface area contributed by atoms with Gasteiger partial charge in [-0.3, -0.25) is 19.5 Å². The monoisotopic (exact) mass is 409 g/mol. The maximum atomic E-state index is 13.4. The third-order valence-corrected chi connectivity index (χ3v) is 5.92. The van der Waals surface area contributed by atoms with E-state index >= 15 is 0 Å². The van der Waals surface area contributed by atoms with Crippen molar-refractivity contribution in [3.63, 3.8) is 0 Å². The largest absolute Gasteiger partial charge is 0.450 e. The van der Waals surface area contributed by atoms with Crippen LogP contribution in [0, 0.1) is 6.92 Å². The Morgan fingerprint density at radius 2 is 2.04 bits per heavy atom. The normalized spacial score (nSPS) is 16.0. The molecule has 0 saturated carbocycles. The van der Waals surface area contributed by atoms with E-state index in [1.54, 1.807) is 42.0 Å². The lowest BCUT2D eigenvalue weighted by molar-refractivity contribution is 0.0970. The Kier molecular flexibility index (Phi) is 3.82. The molecule has 6 nitrogen and oxygen atoms in total. The van der Waals surface area contributed by atoms with Crippen LogP contribution in [0.1, 0.15) is 33.4 Å². The molecule has 8 heteroatoms. The standard InChI is InChI=1S/C20H12ClN3O3S/c1-10-8-14-11(9-12(10)21)17(25)15-16(13-4-2-3-5-22-13)24(19(26)18(15)27-14)20-23-6-7-28-20/h2-9,16H,1H3. The van der Waals surface area contributed by atoms with Gasteiger partial charge in [-0.15, -0.1) is 11.3 Å². The summed E-state index contributed by atoms with van der Waals surface area (Å²) in [6.07, 6.45) is 3.24. The number of aryl methyl sites for hydroxylation is 1. The molecule has 0 bridgehead atoms. The van der Waals surface area contributed by atoms with Gasteiger partial charge in [0.2, 0.25) is 5.76 Å². The average Bonchev–Trinajstić information content (AvgIpc) is 3.31. The second kappa shape index (κ2) is 6.25. The molecule has 1 unspecified atom stereocenters. The number of carbonyl (C=O) groups excluding carboxylic acids is 1. The third-order valence-electron chi connectivity index (χ3n) is 4.74. The van der Waals surface area contributed by atoms with Gasteiger partial charge in [0.05, 0.1) is 16.6 Å². The molecule has 0 fully saturated rings. The first-order chi connectivity index (χ1) is 13.6. The maximum absolute atomic E-state index is 13.4. The molecule has 4 heterocycles. The van der Waals surface area contributed by atoms with E-state index in [0.717, 1.165) is 5.56 Å². The van der Waals surface area contributed by atoms with Crippen molar-refractivity contribution in [1.29, 1.82) is 0 Å². The van der Waals surface area contributed by atoms with Crippen LogP contribution >= 0.6 is 22.9 Å². The maximum Gasteiger partial charge on any atom is 0.297 e. The molecule has 0 saturated heterocycles. The number of amides is 1. The topological polar surface area (TPSA) is 76.3 Å². The van der Waals surface area contributed by atoms with E-state index in [4.69, 9.17) is 16.0 Å². The van der Waals surface area contributed by atoms with Crippen LogP contribution in [0.5, 0.6) is 0 Å². The van der Waals surface area contributed by atoms with Crippen molar-refractivity contribution in [2.45, 2.75) is 13.0 Å². The van der Waals surface area contributed by atoms with E-state index in [9.17, 15) is 9.59 Å². The Labute approximate surface area is 168 Å². The molecule has 1 aromatic carbocycles. The predicted molar refractivity (Wildman–Crippen MR) is 107 cm³/mol. The lowest BCUT2D eigenvalue weighted by Crippen LogP contribution is -2.29. The Morgan fingerprint density at radius 1 is 1.18 bits per heavy atom.